The average Bonchev–Trinajstić information content (AvgIpc) is 2.75. The molecule has 0 aliphatic heterocycles. The van der Waals surface area contributed by atoms with Crippen molar-refractivity contribution in [1.29, 1.82) is 0 Å². The molecule has 0 bridgehead atoms. The van der Waals surface area contributed by atoms with Gasteiger partial charge < -0.3 is 28.4 Å². The van der Waals surface area contributed by atoms with E-state index in [1.807, 2.05) is 32.9 Å². The Labute approximate surface area is 216 Å². The van der Waals surface area contributed by atoms with Gasteiger partial charge in [-0.25, -0.2) is 0 Å². The van der Waals surface area contributed by atoms with Gasteiger partial charge in [-0.15, -0.1) is 0 Å². The second-order valence-electron chi connectivity index (χ2n) is 7.55. The molecule has 184 valence electrons. The van der Waals surface area contributed by atoms with Crippen LogP contribution in [0.2, 0.25) is 0 Å². The van der Waals surface area contributed by atoms with Gasteiger partial charge in [0, 0.05) is 39.0 Å². The Bertz CT molecular complexity index is 866. The number of benzene rings is 2. The fourth-order valence-corrected chi connectivity index (χ4v) is 4.71. The van der Waals surface area contributed by atoms with Crippen molar-refractivity contribution in [3.63, 3.8) is 0 Å². The van der Waals surface area contributed by atoms with Crippen molar-refractivity contribution < 1.29 is 33.2 Å². The predicted molar refractivity (Wildman–Crippen MR) is 139 cm³/mol. The van der Waals surface area contributed by atoms with E-state index in [9.17, 15) is 4.79 Å². The summed E-state index contributed by atoms with van der Waals surface area (Å²) < 4.78 is 33.1. The van der Waals surface area contributed by atoms with E-state index in [2.05, 4.69) is 0 Å². The predicted octanol–water partition coefficient (Wildman–Crippen LogP) is 3.18. The molecular weight excluding hydrogens is 450 g/mol. The van der Waals surface area contributed by atoms with Crippen molar-refractivity contribution in [2.24, 2.45) is 0 Å². The van der Waals surface area contributed by atoms with Gasteiger partial charge in [0.1, 0.15) is 37.1 Å². The van der Waals surface area contributed by atoms with Gasteiger partial charge in [0.15, 0.2) is 5.52 Å². The fraction of sp³-hybridized carbons (Fsp3) is 0.480. The van der Waals surface area contributed by atoms with Gasteiger partial charge in [-0.1, -0.05) is 17.7 Å². The summed E-state index contributed by atoms with van der Waals surface area (Å²) >= 11 is 0. The molecule has 0 saturated carbocycles. The zero-order valence-electron chi connectivity index (χ0n) is 20.4. The second kappa shape index (κ2) is 16.2. The topological polar surface area (TPSA) is 72.5 Å². The van der Waals surface area contributed by atoms with Crippen LogP contribution in [-0.4, -0.2) is 85.4 Å². The van der Waals surface area contributed by atoms with Crippen LogP contribution >= 0.6 is 8.58 Å². The molecule has 1 atom stereocenters. The van der Waals surface area contributed by atoms with Crippen LogP contribution in [0.4, 0.5) is 0 Å². The molecule has 0 spiro atoms. The first-order chi connectivity index (χ1) is 15.9. The van der Waals surface area contributed by atoms with E-state index in [-0.39, 0.29) is 33.0 Å². The maximum absolute atomic E-state index is 13.4. The Morgan fingerprint density at radius 2 is 1.15 bits per heavy atom. The number of ether oxygens (including phenoxy) is 6. The molecular formula is C25H36LiO7P. The Hall–Kier alpha value is -1.58. The van der Waals surface area contributed by atoms with Crippen LogP contribution in [0.1, 0.15) is 27.0 Å². The summed E-state index contributed by atoms with van der Waals surface area (Å²) in [6.07, 6.45) is 0. The van der Waals surface area contributed by atoms with Gasteiger partial charge in [-0.05, 0) is 40.5 Å². The standard InChI is InChI=1S/C25H35O7P.Li.H/c1-17-13-18(2)23(19(3)14-17)25(26)33-24-21(31-11-8-28-5)15-20(30-10-7-27-4)16-22(24)32-12-9-29-6;;/h13-16,33H,7-12H2,1-6H3;;. The summed E-state index contributed by atoms with van der Waals surface area (Å²) in [4.78, 5) is 13.4. The van der Waals surface area contributed by atoms with Crippen LogP contribution in [0, 0.1) is 20.8 Å². The van der Waals surface area contributed by atoms with Crippen molar-refractivity contribution >= 4 is 38.3 Å². The normalized spacial score (nSPS) is 10.9. The first-order valence-electron chi connectivity index (χ1n) is 10.8. The van der Waals surface area contributed by atoms with Gasteiger partial charge in [-0.2, -0.15) is 0 Å². The van der Waals surface area contributed by atoms with Crippen LogP contribution < -0.4 is 19.5 Å². The van der Waals surface area contributed by atoms with Crippen molar-refractivity contribution in [1.82, 2.24) is 0 Å². The van der Waals surface area contributed by atoms with E-state index in [0.717, 1.165) is 22.3 Å². The summed E-state index contributed by atoms with van der Waals surface area (Å²) in [5.74, 6) is 1.67. The summed E-state index contributed by atoms with van der Waals surface area (Å²) in [6, 6.07) is 7.64. The third-order valence-corrected chi connectivity index (χ3v) is 6.05. The molecule has 0 N–H and O–H groups in total. The van der Waals surface area contributed by atoms with E-state index in [1.54, 1.807) is 33.5 Å². The van der Waals surface area contributed by atoms with Gasteiger partial charge in [-0.3, -0.25) is 4.79 Å². The third-order valence-electron chi connectivity index (χ3n) is 4.83. The molecule has 0 aromatic heterocycles. The summed E-state index contributed by atoms with van der Waals surface area (Å²) in [6.45, 7) is 8.31. The van der Waals surface area contributed by atoms with Gasteiger partial charge >= 0.3 is 18.9 Å². The molecule has 0 amide bonds. The first kappa shape index (κ1) is 30.4. The van der Waals surface area contributed by atoms with Crippen LogP contribution in [0.25, 0.3) is 0 Å². The number of rotatable bonds is 15. The number of carbonyl (C=O) groups is 1. The van der Waals surface area contributed by atoms with E-state index in [4.69, 9.17) is 28.4 Å². The Kier molecular flexibility index (Phi) is 14.5. The quantitative estimate of drug-likeness (QED) is 0.218. The molecule has 0 saturated heterocycles. The minimum absolute atomic E-state index is 0. The van der Waals surface area contributed by atoms with E-state index in [0.29, 0.717) is 62.2 Å². The Balaban J connectivity index is 0.00000578. The van der Waals surface area contributed by atoms with Gasteiger partial charge in [0.05, 0.1) is 25.1 Å². The molecule has 0 radical (unpaired) electrons. The summed E-state index contributed by atoms with van der Waals surface area (Å²) in [5, 5.41) is 0.700. The second-order valence-corrected chi connectivity index (χ2v) is 8.75. The molecule has 0 heterocycles. The number of aryl methyl sites for hydroxylation is 3. The summed E-state index contributed by atoms with van der Waals surface area (Å²) in [7, 11) is 4.66. The van der Waals surface area contributed by atoms with E-state index < -0.39 is 0 Å². The monoisotopic (exact) mass is 486 g/mol. The Morgan fingerprint density at radius 1 is 0.706 bits per heavy atom. The van der Waals surface area contributed by atoms with Gasteiger partial charge in [0.25, 0.3) is 0 Å². The number of hydrogen-bond donors (Lipinski definition) is 0. The number of carbonyl (C=O) groups excluding carboxylic acids is 1. The fourth-order valence-electron chi connectivity index (χ4n) is 3.43. The molecule has 34 heavy (non-hydrogen) atoms. The SMILES string of the molecule is COCCOc1cc(OCCOC)c(PC(=O)c2c(C)cc(C)cc2C)c(OCCOC)c1.[LiH]. The molecule has 2 rings (SSSR count). The van der Waals surface area contributed by atoms with Crippen molar-refractivity contribution in [3.8, 4) is 17.2 Å². The zero-order valence-corrected chi connectivity index (χ0v) is 21.4. The van der Waals surface area contributed by atoms with Crippen LogP contribution in [0.3, 0.4) is 0 Å². The molecule has 2 aromatic carbocycles. The molecule has 9 heteroatoms. The number of hydrogen-bond acceptors (Lipinski definition) is 7. The molecule has 2 aromatic rings. The Morgan fingerprint density at radius 3 is 1.59 bits per heavy atom. The van der Waals surface area contributed by atoms with Crippen molar-refractivity contribution in [3.05, 3.63) is 46.5 Å². The van der Waals surface area contributed by atoms with Crippen molar-refractivity contribution in [2.45, 2.75) is 20.8 Å². The van der Waals surface area contributed by atoms with Crippen molar-refractivity contribution in [2.75, 3.05) is 61.0 Å². The maximum atomic E-state index is 13.4. The number of methoxy groups -OCH3 is 3. The molecule has 1 unspecified atom stereocenters. The van der Waals surface area contributed by atoms with Crippen LogP contribution in [-0.2, 0) is 14.2 Å². The zero-order chi connectivity index (χ0) is 24.2. The summed E-state index contributed by atoms with van der Waals surface area (Å²) in [5.41, 5.74) is 3.84. The first-order valence-corrected chi connectivity index (χ1v) is 11.8. The van der Waals surface area contributed by atoms with Crippen LogP contribution in [0.5, 0.6) is 17.2 Å². The van der Waals surface area contributed by atoms with E-state index in [1.165, 1.54) is 0 Å². The third kappa shape index (κ3) is 9.22. The average molecular weight is 486 g/mol. The molecule has 0 aliphatic carbocycles. The molecule has 7 nitrogen and oxygen atoms in total. The minimum atomic E-state index is -0.185. The molecule has 0 aliphatic rings. The molecule has 0 fully saturated rings. The van der Waals surface area contributed by atoms with Gasteiger partial charge in [0.2, 0.25) is 0 Å². The van der Waals surface area contributed by atoms with Crippen LogP contribution in [0.15, 0.2) is 24.3 Å². The van der Waals surface area contributed by atoms with E-state index >= 15 is 0 Å².